The Bertz CT molecular complexity index is 1180. The Kier molecular flexibility index (Phi) is 10.8. The van der Waals surface area contributed by atoms with E-state index in [1.54, 1.807) is 0 Å². The number of unbranched alkanes of at least 4 members (excludes halogenated alkanes) is 7. The summed E-state index contributed by atoms with van der Waals surface area (Å²) in [5.74, 6) is 0. The minimum Gasteiger partial charge on any atom is -0.133 e. The predicted molar refractivity (Wildman–Crippen MR) is 162 cm³/mol. The summed E-state index contributed by atoms with van der Waals surface area (Å²) in [4.78, 5) is 0. The minimum absolute atomic E-state index is 0.971. The lowest BCUT2D eigenvalue weighted by Gasteiger charge is -2.16. The first kappa shape index (κ1) is 26.4. The largest absolute Gasteiger partial charge is 0.133 e. The Morgan fingerprint density at radius 3 is 1.36 bits per heavy atom. The fourth-order valence-electron chi connectivity index (χ4n) is 5.26. The van der Waals surface area contributed by atoms with Crippen LogP contribution in [0.5, 0.6) is 0 Å². The van der Waals surface area contributed by atoms with Gasteiger partial charge in [-0.25, -0.2) is 0 Å². The van der Waals surface area contributed by atoms with Gasteiger partial charge in [0.05, 0.1) is 0 Å². The van der Waals surface area contributed by atoms with Crippen molar-refractivity contribution in [3.05, 3.63) is 120 Å². The first-order valence-corrected chi connectivity index (χ1v) is 14.7. The summed E-state index contributed by atoms with van der Waals surface area (Å²) in [6.45, 7) is 0. The quantitative estimate of drug-likeness (QED) is 0.121. The number of benzene rings is 4. The molecule has 0 amide bonds. The molecule has 4 rings (SSSR count). The van der Waals surface area contributed by atoms with E-state index >= 15 is 0 Å². The first-order valence-electron chi connectivity index (χ1n) is 13.9. The van der Waals surface area contributed by atoms with Crippen molar-refractivity contribution in [3.8, 4) is 22.3 Å². The monoisotopic (exact) mass is 492 g/mol. The number of aryl methyl sites for hydroxylation is 2. The van der Waals surface area contributed by atoms with Crippen molar-refractivity contribution < 1.29 is 0 Å². The van der Waals surface area contributed by atoms with Gasteiger partial charge in [-0.2, -0.15) is 0 Å². The summed E-state index contributed by atoms with van der Waals surface area (Å²) < 4.78 is 0. The molecule has 0 nitrogen and oxygen atoms in total. The van der Waals surface area contributed by atoms with Crippen LogP contribution in [0.2, 0.25) is 0 Å². The molecule has 0 radical (unpaired) electrons. The second-order valence-electron chi connectivity index (χ2n) is 9.88. The molecule has 186 valence electrons. The highest BCUT2D eigenvalue weighted by Crippen LogP contribution is 2.36. The molecule has 0 heterocycles. The van der Waals surface area contributed by atoms with Gasteiger partial charge in [-0.15, -0.1) is 9.24 Å². The van der Waals surface area contributed by atoms with Crippen molar-refractivity contribution in [3.63, 3.8) is 0 Å². The van der Waals surface area contributed by atoms with Crippen LogP contribution in [0.3, 0.4) is 0 Å². The fraction of sp³-hybridized carbons (Fsp3) is 0.314. The second-order valence-corrected chi connectivity index (χ2v) is 10.3. The lowest BCUT2D eigenvalue weighted by atomic mass is 9.89. The summed E-state index contributed by atoms with van der Waals surface area (Å²) in [7, 11) is 2.89. The zero-order valence-corrected chi connectivity index (χ0v) is 22.8. The predicted octanol–water partition coefficient (Wildman–Crippen LogP) is 10.3. The second kappa shape index (κ2) is 14.8. The molecule has 0 spiro atoms. The topological polar surface area (TPSA) is 0 Å². The average Bonchev–Trinajstić information content (AvgIpc) is 2.95. The van der Waals surface area contributed by atoms with Gasteiger partial charge in [0.2, 0.25) is 0 Å². The Labute approximate surface area is 221 Å². The Hall–Kier alpha value is -2.69. The molecule has 0 bridgehead atoms. The number of rotatable bonds is 14. The molecule has 0 aliphatic heterocycles. The number of hydrogen-bond donors (Lipinski definition) is 0. The molecular formula is C35H41P. The molecular weight excluding hydrogens is 451 g/mol. The first-order chi connectivity index (χ1) is 17.9. The summed E-state index contributed by atoms with van der Waals surface area (Å²) in [5.41, 5.74) is 9.78. The highest BCUT2D eigenvalue weighted by molar-refractivity contribution is 7.15. The van der Waals surface area contributed by atoms with E-state index in [0.29, 0.717) is 0 Å². The highest BCUT2D eigenvalue weighted by atomic mass is 31.0. The SMILES string of the molecule is PCc1ccccc1-c1ccccc1-c1ccccc1CCCCCCCCCCc1ccccc1. The van der Waals surface area contributed by atoms with E-state index in [9.17, 15) is 0 Å². The van der Waals surface area contributed by atoms with E-state index in [0.717, 1.165) is 12.6 Å². The van der Waals surface area contributed by atoms with Crippen molar-refractivity contribution in [1.82, 2.24) is 0 Å². The maximum atomic E-state index is 2.89. The van der Waals surface area contributed by atoms with E-state index in [1.807, 2.05) is 0 Å². The zero-order chi connectivity index (χ0) is 24.8. The standard InChI is InChI=1S/C35H41P/c36-28-31-23-13-15-25-33(31)35-27-17-16-26-34(35)32-24-14-12-22-30(32)21-11-6-4-2-1-3-5-8-18-29-19-9-7-10-20-29/h7,9-10,12-17,19-20,22-27H,1-6,8,11,18,21,28,36H2. The van der Waals surface area contributed by atoms with Crippen LogP contribution in [0.25, 0.3) is 22.3 Å². The van der Waals surface area contributed by atoms with Crippen LogP contribution >= 0.6 is 9.24 Å². The average molecular weight is 493 g/mol. The van der Waals surface area contributed by atoms with Crippen LogP contribution in [0.1, 0.15) is 68.1 Å². The fourth-order valence-corrected chi connectivity index (χ4v) is 5.62. The zero-order valence-electron chi connectivity index (χ0n) is 21.7. The van der Waals surface area contributed by atoms with E-state index in [1.165, 1.54) is 96.7 Å². The van der Waals surface area contributed by atoms with Crippen molar-refractivity contribution in [2.24, 2.45) is 0 Å². The van der Waals surface area contributed by atoms with Crippen molar-refractivity contribution in [2.75, 3.05) is 0 Å². The highest BCUT2D eigenvalue weighted by Gasteiger charge is 2.12. The summed E-state index contributed by atoms with van der Waals surface area (Å²) >= 11 is 0. The van der Waals surface area contributed by atoms with Gasteiger partial charge in [-0.3, -0.25) is 0 Å². The third-order valence-electron chi connectivity index (χ3n) is 7.27. The molecule has 36 heavy (non-hydrogen) atoms. The maximum absolute atomic E-state index is 2.89. The van der Waals surface area contributed by atoms with E-state index in [2.05, 4.69) is 112 Å². The van der Waals surface area contributed by atoms with Crippen molar-refractivity contribution in [1.29, 1.82) is 0 Å². The van der Waals surface area contributed by atoms with Gasteiger partial charge in [0, 0.05) is 0 Å². The molecule has 0 aliphatic rings. The third-order valence-corrected chi connectivity index (χ3v) is 7.71. The van der Waals surface area contributed by atoms with Crippen LogP contribution in [0.15, 0.2) is 103 Å². The smallest absolute Gasteiger partial charge is 0.0102 e. The summed E-state index contributed by atoms with van der Waals surface area (Å²) in [6, 6.07) is 37.7. The molecule has 0 saturated carbocycles. The van der Waals surface area contributed by atoms with Crippen LogP contribution in [0, 0.1) is 0 Å². The normalized spacial score (nSPS) is 11.0. The van der Waals surface area contributed by atoms with Crippen LogP contribution in [-0.2, 0) is 19.0 Å². The van der Waals surface area contributed by atoms with Crippen molar-refractivity contribution >= 4 is 9.24 Å². The van der Waals surface area contributed by atoms with Gasteiger partial charge in [-0.05, 0) is 70.8 Å². The molecule has 1 unspecified atom stereocenters. The van der Waals surface area contributed by atoms with Crippen molar-refractivity contribution in [2.45, 2.75) is 70.4 Å². The molecule has 0 saturated heterocycles. The Morgan fingerprint density at radius 2 is 0.778 bits per heavy atom. The minimum atomic E-state index is 0.971. The van der Waals surface area contributed by atoms with Gasteiger partial charge in [0.1, 0.15) is 0 Å². The van der Waals surface area contributed by atoms with E-state index < -0.39 is 0 Å². The van der Waals surface area contributed by atoms with Gasteiger partial charge < -0.3 is 0 Å². The molecule has 4 aromatic rings. The van der Waals surface area contributed by atoms with E-state index in [4.69, 9.17) is 0 Å². The molecule has 4 aromatic carbocycles. The Morgan fingerprint density at radius 1 is 0.361 bits per heavy atom. The number of hydrogen-bond acceptors (Lipinski definition) is 0. The maximum Gasteiger partial charge on any atom is -0.0102 e. The lowest BCUT2D eigenvalue weighted by Crippen LogP contribution is -1.94. The van der Waals surface area contributed by atoms with Gasteiger partial charge >= 0.3 is 0 Å². The van der Waals surface area contributed by atoms with Crippen LogP contribution < -0.4 is 0 Å². The van der Waals surface area contributed by atoms with Gasteiger partial charge in [0.25, 0.3) is 0 Å². The van der Waals surface area contributed by atoms with Crippen LogP contribution in [-0.4, -0.2) is 0 Å². The molecule has 0 aliphatic carbocycles. The van der Waals surface area contributed by atoms with Gasteiger partial charge in [-0.1, -0.05) is 142 Å². The van der Waals surface area contributed by atoms with Crippen LogP contribution in [0.4, 0.5) is 0 Å². The lowest BCUT2D eigenvalue weighted by molar-refractivity contribution is 0.567. The molecule has 0 N–H and O–H groups in total. The molecule has 0 fully saturated rings. The molecule has 1 heteroatoms. The summed E-state index contributed by atoms with van der Waals surface area (Å²) in [6.07, 6.45) is 14.1. The molecule has 1 atom stereocenters. The Balaban J connectivity index is 1.25. The molecule has 0 aromatic heterocycles. The van der Waals surface area contributed by atoms with Gasteiger partial charge in [0.15, 0.2) is 0 Å². The third kappa shape index (κ3) is 7.65. The van der Waals surface area contributed by atoms with E-state index in [-0.39, 0.29) is 0 Å². The summed E-state index contributed by atoms with van der Waals surface area (Å²) in [5, 5.41) is 0.